The number of fused-ring (bicyclic) bond motifs is 2. The lowest BCUT2D eigenvalue weighted by molar-refractivity contribution is -0.120. The highest BCUT2D eigenvalue weighted by Crippen LogP contribution is 2.31. The molecule has 0 bridgehead atoms. The monoisotopic (exact) mass is 394 g/mol. The van der Waals surface area contributed by atoms with E-state index in [1.165, 1.54) is 0 Å². The average Bonchev–Trinajstić information content (AvgIpc) is 3.05. The predicted octanol–water partition coefficient (Wildman–Crippen LogP) is 2.86. The van der Waals surface area contributed by atoms with Crippen molar-refractivity contribution in [1.29, 1.82) is 0 Å². The van der Waals surface area contributed by atoms with Crippen LogP contribution in [0.2, 0.25) is 0 Å². The molecule has 0 saturated carbocycles. The minimum atomic E-state index is -1.04. The molecule has 1 aliphatic rings. The van der Waals surface area contributed by atoms with Crippen LogP contribution < -0.4 is 14.8 Å². The molecule has 2 aromatic carbocycles. The van der Waals surface area contributed by atoms with Gasteiger partial charge in [-0.2, -0.15) is 0 Å². The van der Waals surface area contributed by atoms with Gasteiger partial charge in [-0.1, -0.05) is 30.3 Å². The van der Waals surface area contributed by atoms with Crippen LogP contribution in [0.4, 0.5) is 0 Å². The number of rotatable bonds is 6. The lowest BCUT2D eigenvalue weighted by atomic mass is 10.1. The Morgan fingerprint density at radius 1 is 1.14 bits per heavy atom. The van der Waals surface area contributed by atoms with Gasteiger partial charge in [0.1, 0.15) is 18.4 Å². The largest absolute Gasteiger partial charge is 0.486 e. The van der Waals surface area contributed by atoms with Crippen LogP contribution in [0, 0.1) is 0 Å². The fraction of sp³-hybridized carbons (Fsp3) is 0.273. The molecule has 29 heavy (non-hydrogen) atoms. The molecule has 2 N–H and O–H groups in total. The van der Waals surface area contributed by atoms with Crippen LogP contribution in [0.25, 0.3) is 10.9 Å². The number of aryl methyl sites for hydroxylation is 1. The summed E-state index contributed by atoms with van der Waals surface area (Å²) in [6.07, 6.45) is -0.316. The molecular weight excluding hydrogens is 372 g/mol. The Morgan fingerprint density at radius 3 is 2.62 bits per heavy atom. The molecule has 1 amide bonds. The lowest BCUT2D eigenvalue weighted by Crippen LogP contribution is -2.41. The van der Waals surface area contributed by atoms with Crippen molar-refractivity contribution in [3.05, 3.63) is 59.8 Å². The first kappa shape index (κ1) is 18.9. The predicted molar refractivity (Wildman–Crippen MR) is 108 cm³/mol. The van der Waals surface area contributed by atoms with Crippen molar-refractivity contribution < 1.29 is 24.2 Å². The Morgan fingerprint density at radius 2 is 1.86 bits per heavy atom. The minimum Gasteiger partial charge on any atom is -0.486 e. The average molecular weight is 394 g/mol. The first-order valence-electron chi connectivity index (χ1n) is 9.57. The first-order valence-corrected chi connectivity index (χ1v) is 9.57. The SMILES string of the molecule is CCn1c(C(=O)O)c(CC(=O)NCC2COc3ccccc3O2)c2ccccc21. The van der Waals surface area contributed by atoms with Gasteiger partial charge in [0.15, 0.2) is 11.5 Å². The zero-order valence-electron chi connectivity index (χ0n) is 16.1. The molecule has 0 fully saturated rings. The van der Waals surface area contributed by atoms with Crippen LogP contribution in [0.15, 0.2) is 48.5 Å². The number of hydrogen-bond acceptors (Lipinski definition) is 4. The van der Waals surface area contributed by atoms with E-state index in [0.29, 0.717) is 30.2 Å². The molecule has 3 aromatic rings. The maximum Gasteiger partial charge on any atom is 0.352 e. The van der Waals surface area contributed by atoms with E-state index in [1.54, 1.807) is 4.57 Å². The minimum absolute atomic E-state index is 0.0146. The number of nitrogens with one attached hydrogen (secondary N) is 1. The van der Waals surface area contributed by atoms with E-state index in [2.05, 4.69) is 5.32 Å². The molecule has 1 aliphatic heterocycles. The number of carboxylic acid groups (broad SMARTS) is 1. The highest BCUT2D eigenvalue weighted by Gasteiger charge is 2.25. The number of aromatic nitrogens is 1. The van der Waals surface area contributed by atoms with Crippen molar-refractivity contribution in [2.75, 3.05) is 13.2 Å². The zero-order chi connectivity index (χ0) is 20.4. The highest BCUT2D eigenvalue weighted by atomic mass is 16.6. The van der Waals surface area contributed by atoms with Crippen molar-refractivity contribution >= 4 is 22.8 Å². The van der Waals surface area contributed by atoms with Crippen molar-refractivity contribution in [2.45, 2.75) is 26.0 Å². The quantitative estimate of drug-likeness (QED) is 0.671. The van der Waals surface area contributed by atoms with Crippen LogP contribution in [-0.2, 0) is 17.8 Å². The van der Waals surface area contributed by atoms with E-state index in [1.807, 2.05) is 55.5 Å². The molecule has 0 spiro atoms. The molecule has 4 rings (SSSR count). The van der Waals surface area contributed by atoms with Gasteiger partial charge in [0.05, 0.1) is 13.0 Å². The van der Waals surface area contributed by atoms with Gasteiger partial charge < -0.3 is 24.5 Å². The van der Waals surface area contributed by atoms with Crippen molar-refractivity contribution in [2.24, 2.45) is 0 Å². The molecule has 0 radical (unpaired) electrons. The number of aromatic carboxylic acids is 1. The Bertz CT molecular complexity index is 1070. The second-order valence-electron chi connectivity index (χ2n) is 6.87. The third-order valence-corrected chi connectivity index (χ3v) is 5.03. The second-order valence-corrected chi connectivity index (χ2v) is 6.87. The summed E-state index contributed by atoms with van der Waals surface area (Å²) < 4.78 is 13.2. The maximum absolute atomic E-state index is 12.6. The summed E-state index contributed by atoms with van der Waals surface area (Å²) in [7, 11) is 0. The highest BCUT2D eigenvalue weighted by molar-refractivity contribution is 6.00. The number of carbonyl (C=O) groups is 2. The van der Waals surface area contributed by atoms with E-state index < -0.39 is 5.97 Å². The fourth-order valence-electron chi connectivity index (χ4n) is 3.74. The third kappa shape index (κ3) is 3.63. The number of hydrogen-bond donors (Lipinski definition) is 2. The number of benzene rings is 2. The van der Waals surface area contributed by atoms with Crippen LogP contribution in [0.5, 0.6) is 11.5 Å². The summed E-state index contributed by atoms with van der Waals surface area (Å²) in [5.41, 5.74) is 1.50. The summed E-state index contributed by atoms with van der Waals surface area (Å²) in [6, 6.07) is 14.8. The molecule has 150 valence electrons. The zero-order valence-corrected chi connectivity index (χ0v) is 16.1. The maximum atomic E-state index is 12.6. The Balaban J connectivity index is 1.48. The van der Waals surface area contributed by atoms with E-state index in [9.17, 15) is 14.7 Å². The summed E-state index contributed by atoms with van der Waals surface area (Å²) in [5.74, 6) is 0.0474. The van der Waals surface area contributed by atoms with Crippen molar-refractivity contribution in [3.8, 4) is 11.5 Å². The smallest absolute Gasteiger partial charge is 0.352 e. The molecule has 7 nitrogen and oxygen atoms in total. The Labute approximate surface area is 167 Å². The van der Waals surface area contributed by atoms with Crippen molar-refractivity contribution in [3.63, 3.8) is 0 Å². The molecular formula is C22H22N2O5. The third-order valence-electron chi connectivity index (χ3n) is 5.03. The van der Waals surface area contributed by atoms with Gasteiger partial charge in [-0.3, -0.25) is 4.79 Å². The van der Waals surface area contributed by atoms with E-state index in [4.69, 9.17) is 9.47 Å². The van der Waals surface area contributed by atoms with Gasteiger partial charge in [-0.05, 0) is 25.1 Å². The number of carbonyl (C=O) groups excluding carboxylic acids is 1. The molecule has 1 unspecified atom stereocenters. The lowest BCUT2D eigenvalue weighted by Gasteiger charge is -2.26. The molecule has 1 atom stereocenters. The fourth-order valence-corrected chi connectivity index (χ4v) is 3.74. The molecule has 2 heterocycles. The topological polar surface area (TPSA) is 89.8 Å². The van der Waals surface area contributed by atoms with E-state index in [0.717, 1.165) is 10.9 Å². The summed E-state index contributed by atoms with van der Waals surface area (Å²) >= 11 is 0. The van der Waals surface area contributed by atoms with Crippen molar-refractivity contribution in [1.82, 2.24) is 9.88 Å². The number of nitrogens with zero attached hydrogens (tertiary/aromatic N) is 1. The molecule has 7 heteroatoms. The number of para-hydroxylation sites is 3. The van der Waals surface area contributed by atoms with E-state index >= 15 is 0 Å². The number of amides is 1. The summed E-state index contributed by atoms with van der Waals surface area (Å²) in [5, 5.41) is 13.4. The normalized spacial score (nSPS) is 15.3. The van der Waals surface area contributed by atoms with Crippen LogP contribution in [0.3, 0.4) is 0 Å². The standard InChI is InChI=1S/C22H22N2O5/c1-2-24-17-8-4-3-7-15(17)16(21(24)22(26)27)11-20(25)23-12-14-13-28-18-9-5-6-10-19(18)29-14/h3-10,14H,2,11-13H2,1H3,(H,23,25)(H,26,27). The molecule has 1 aromatic heterocycles. The Kier molecular flexibility index (Phi) is 5.12. The van der Waals surface area contributed by atoms with Crippen LogP contribution >= 0.6 is 0 Å². The van der Waals surface area contributed by atoms with E-state index in [-0.39, 0.29) is 30.7 Å². The summed E-state index contributed by atoms with van der Waals surface area (Å²) in [6.45, 7) is 3.02. The number of ether oxygens (including phenoxy) is 2. The van der Waals surface area contributed by atoms with Gasteiger partial charge in [-0.15, -0.1) is 0 Å². The second kappa shape index (κ2) is 7.87. The van der Waals surface area contributed by atoms with Gasteiger partial charge in [0.2, 0.25) is 5.91 Å². The van der Waals surface area contributed by atoms with Gasteiger partial charge >= 0.3 is 5.97 Å². The number of carboxylic acids is 1. The first-order chi connectivity index (χ1) is 14.1. The van der Waals surface area contributed by atoms with Crippen LogP contribution in [0.1, 0.15) is 23.0 Å². The molecule has 0 aliphatic carbocycles. The van der Waals surface area contributed by atoms with Gasteiger partial charge in [-0.25, -0.2) is 4.79 Å². The van der Waals surface area contributed by atoms with Gasteiger partial charge in [0.25, 0.3) is 0 Å². The van der Waals surface area contributed by atoms with Gasteiger partial charge in [0, 0.05) is 23.0 Å². The molecule has 0 saturated heterocycles. The van der Waals surface area contributed by atoms with Crippen LogP contribution in [-0.4, -0.2) is 40.8 Å². The Hall–Kier alpha value is -3.48. The summed E-state index contributed by atoms with van der Waals surface area (Å²) in [4.78, 5) is 24.5.